The molecule has 1 spiro atoms. The average Bonchev–Trinajstić information content (AvgIpc) is 3.13. The lowest BCUT2D eigenvalue weighted by Gasteiger charge is -2.67. The molecule has 0 aromatic heterocycles. The maximum Gasteiger partial charge on any atom is 0.348 e. The van der Waals surface area contributed by atoms with Gasteiger partial charge in [-0.3, -0.25) is 9.59 Å². The quantitative estimate of drug-likeness (QED) is 0.356. The molecule has 3 aliphatic carbocycles. The van der Waals surface area contributed by atoms with Gasteiger partial charge in [0.15, 0.2) is 11.5 Å². The van der Waals surface area contributed by atoms with Gasteiger partial charge in [-0.1, -0.05) is 13.8 Å². The molecule has 0 aromatic rings. The van der Waals surface area contributed by atoms with E-state index in [9.17, 15) is 34.5 Å². The number of ether oxygens (including phenoxy) is 4. The molecule has 3 N–H and O–H groups in total. The van der Waals surface area contributed by atoms with Crippen molar-refractivity contribution in [2.24, 2.45) is 28.6 Å². The summed E-state index contributed by atoms with van der Waals surface area (Å²) in [4.78, 5) is 51.5. The van der Waals surface area contributed by atoms with Crippen molar-refractivity contribution in [3.05, 3.63) is 11.3 Å². The number of ketones is 1. The normalized spacial score (nSPS) is 48.0. The van der Waals surface area contributed by atoms with Crippen LogP contribution in [0.15, 0.2) is 11.3 Å². The fraction of sp³-hybridized carbons (Fsp3) is 0.750. The van der Waals surface area contributed by atoms with E-state index in [1.54, 1.807) is 20.8 Å². The minimum atomic E-state index is -2.18. The third-order valence-electron chi connectivity index (χ3n) is 9.39. The lowest BCUT2D eigenvalue weighted by Crippen LogP contribution is -2.79. The number of carbonyl (C=O) groups excluding carboxylic acids is 4. The summed E-state index contributed by atoms with van der Waals surface area (Å²) in [5.74, 6) is -6.04. The fourth-order valence-electron chi connectivity index (χ4n) is 8.08. The summed E-state index contributed by atoms with van der Waals surface area (Å²) in [5, 5.41) is 33.4. The second-order valence-corrected chi connectivity index (χ2v) is 10.7. The number of aliphatic hydroxyl groups is 3. The number of esters is 3. The van der Waals surface area contributed by atoms with E-state index >= 15 is 0 Å². The Kier molecular flexibility index (Phi) is 5.19. The van der Waals surface area contributed by atoms with Crippen molar-refractivity contribution in [1.29, 1.82) is 0 Å². The zero-order valence-electron chi connectivity index (χ0n) is 20.0. The van der Waals surface area contributed by atoms with Crippen molar-refractivity contribution in [3.8, 4) is 0 Å². The molecule has 0 unspecified atom stereocenters. The van der Waals surface area contributed by atoms with Crippen LogP contribution in [0.3, 0.4) is 0 Å². The first kappa shape index (κ1) is 24.2. The van der Waals surface area contributed by atoms with Gasteiger partial charge in [0.25, 0.3) is 0 Å². The van der Waals surface area contributed by atoms with Crippen LogP contribution < -0.4 is 0 Å². The second kappa shape index (κ2) is 7.50. The maximum absolute atomic E-state index is 13.2. The largest absolute Gasteiger partial charge is 0.504 e. The lowest BCUT2D eigenvalue weighted by molar-refractivity contribution is -0.290. The topological polar surface area (TPSA) is 166 Å². The van der Waals surface area contributed by atoms with Crippen LogP contribution >= 0.6 is 0 Å². The maximum atomic E-state index is 13.2. The van der Waals surface area contributed by atoms with E-state index < -0.39 is 82.3 Å². The van der Waals surface area contributed by atoms with E-state index in [1.807, 2.05) is 0 Å². The number of hydrogen-bond donors (Lipinski definition) is 3. The van der Waals surface area contributed by atoms with Crippen molar-refractivity contribution in [3.63, 3.8) is 0 Å². The molecule has 35 heavy (non-hydrogen) atoms. The molecule has 5 rings (SSSR count). The number of hydrogen-bond acceptors (Lipinski definition) is 11. The lowest BCUT2D eigenvalue weighted by atomic mass is 9.38. The van der Waals surface area contributed by atoms with Gasteiger partial charge in [-0.05, 0) is 30.3 Å². The Labute approximate surface area is 201 Å². The monoisotopic (exact) mass is 494 g/mol. The highest BCUT2D eigenvalue weighted by Gasteiger charge is 2.85. The molecular weight excluding hydrogens is 464 g/mol. The van der Waals surface area contributed by atoms with Crippen LogP contribution in [0.2, 0.25) is 0 Å². The highest BCUT2D eigenvalue weighted by molar-refractivity contribution is 5.95. The van der Waals surface area contributed by atoms with Gasteiger partial charge < -0.3 is 34.3 Å². The highest BCUT2D eigenvalue weighted by atomic mass is 16.6. The minimum Gasteiger partial charge on any atom is -0.504 e. The van der Waals surface area contributed by atoms with Crippen molar-refractivity contribution in [2.75, 3.05) is 13.7 Å². The van der Waals surface area contributed by atoms with Gasteiger partial charge in [0.1, 0.15) is 12.2 Å². The first-order chi connectivity index (χ1) is 16.4. The summed E-state index contributed by atoms with van der Waals surface area (Å²) in [6.07, 6.45) is -5.89. The number of rotatable bonds is 3. The Morgan fingerprint density at radius 3 is 2.51 bits per heavy atom. The molecule has 11 nitrogen and oxygen atoms in total. The van der Waals surface area contributed by atoms with Gasteiger partial charge in [-0.2, -0.15) is 0 Å². The molecule has 0 amide bonds. The predicted molar refractivity (Wildman–Crippen MR) is 113 cm³/mol. The molecular formula is C24H30O11. The van der Waals surface area contributed by atoms with Crippen LogP contribution in [0, 0.1) is 28.6 Å². The van der Waals surface area contributed by atoms with Crippen LogP contribution in [0.1, 0.15) is 40.0 Å². The third-order valence-corrected chi connectivity index (χ3v) is 9.39. The van der Waals surface area contributed by atoms with Crippen molar-refractivity contribution < 1.29 is 53.4 Å². The van der Waals surface area contributed by atoms with Crippen LogP contribution in [0.4, 0.5) is 0 Å². The Bertz CT molecular complexity index is 1050. The van der Waals surface area contributed by atoms with Crippen LogP contribution in [0.5, 0.6) is 0 Å². The third kappa shape index (κ3) is 2.66. The average molecular weight is 494 g/mol. The molecule has 2 aliphatic heterocycles. The smallest absolute Gasteiger partial charge is 0.348 e. The van der Waals surface area contributed by atoms with E-state index in [2.05, 4.69) is 0 Å². The molecule has 5 aliphatic rings. The zero-order valence-corrected chi connectivity index (χ0v) is 20.0. The predicted octanol–water partition coefficient (Wildman–Crippen LogP) is -0.0392. The Morgan fingerprint density at radius 2 is 1.89 bits per heavy atom. The SMILES string of the molecule is CCC(=O)O[C@H]1C(=O)O[C@@H]2C[C@H]3C(C)=C(O)C(=O)C[C@]3(C)[C@H]3[C@@H](O)[C@H](O)[C@@]4(C(=O)OC)OC[C@]32[C@@H]14. The molecule has 4 fully saturated rings. The number of carbonyl (C=O) groups is 4. The standard InChI is InChI=1S/C24H30O11/c1-5-13(26)35-16-18-23-8-33-24(18,21(31)32-4)19(29)15(28)17(23)22(3)7-11(25)14(27)9(2)10(22)6-12(23)34-20(16)30/h10,12,15-19,27-29H,5-8H2,1-4H3/t10-,12+,15+,16+,17+,18+,19-,22-,23+,24-/m0/s1. The minimum absolute atomic E-state index is 0.0504. The Hall–Kier alpha value is -2.50. The number of fused-ring (bicyclic) bond motifs is 2. The Morgan fingerprint density at radius 1 is 1.20 bits per heavy atom. The Balaban J connectivity index is 1.76. The van der Waals surface area contributed by atoms with E-state index in [-0.39, 0.29) is 31.6 Å². The molecule has 11 heteroatoms. The molecule has 192 valence electrons. The van der Waals surface area contributed by atoms with Gasteiger partial charge >= 0.3 is 17.9 Å². The first-order valence-corrected chi connectivity index (χ1v) is 11.8. The summed E-state index contributed by atoms with van der Waals surface area (Å²) >= 11 is 0. The van der Waals surface area contributed by atoms with Gasteiger partial charge in [0.2, 0.25) is 11.7 Å². The molecule has 2 saturated carbocycles. The number of methoxy groups -OCH3 is 1. The van der Waals surface area contributed by atoms with Crippen LogP contribution in [-0.4, -0.2) is 82.7 Å². The van der Waals surface area contributed by atoms with Crippen molar-refractivity contribution in [2.45, 2.75) is 70.1 Å². The van der Waals surface area contributed by atoms with Gasteiger partial charge in [-0.15, -0.1) is 0 Å². The van der Waals surface area contributed by atoms with Crippen LogP contribution in [0.25, 0.3) is 0 Å². The fourth-order valence-corrected chi connectivity index (χ4v) is 8.08. The summed E-state index contributed by atoms with van der Waals surface area (Å²) in [6.45, 7) is 4.76. The summed E-state index contributed by atoms with van der Waals surface area (Å²) in [6, 6.07) is 0. The van der Waals surface area contributed by atoms with Crippen LogP contribution in [-0.2, 0) is 38.1 Å². The molecule has 0 radical (unpaired) electrons. The molecule has 2 bridgehead atoms. The van der Waals surface area contributed by atoms with E-state index in [0.717, 1.165) is 7.11 Å². The second-order valence-electron chi connectivity index (χ2n) is 10.7. The van der Waals surface area contributed by atoms with E-state index in [1.165, 1.54) is 0 Å². The first-order valence-electron chi connectivity index (χ1n) is 11.8. The van der Waals surface area contributed by atoms with Gasteiger partial charge in [0.05, 0.1) is 25.7 Å². The van der Waals surface area contributed by atoms with Gasteiger partial charge in [0, 0.05) is 24.2 Å². The zero-order chi connectivity index (χ0) is 25.7. The molecule has 2 heterocycles. The molecule has 10 atom stereocenters. The summed E-state index contributed by atoms with van der Waals surface area (Å²) in [5.41, 5.74) is -4.02. The summed E-state index contributed by atoms with van der Waals surface area (Å²) in [7, 11) is 1.09. The molecule has 0 aromatic carbocycles. The van der Waals surface area contributed by atoms with E-state index in [0.29, 0.717) is 5.57 Å². The number of aliphatic hydroxyl groups excluding tert-OH is 3. The van der Waals surface area contributed by atoms with E-state index in [4.69, 9.17) is 18.9 Å². The summed E-state index contributed by atoms with van der Waals surface area (Å²) < 4.78 is 22.3. The number of allylic oxidation sites excluding steroid dienone is 2. The van der Waals surface area contributed by atoms with Gasteiger partial charge in [-0.25, -0.2) is 9.59 Å². The van der Waals surface area contributed by atoms with Crippen molar-refractivity contribution in [1.82, 2.24) is 0 Å². The highest BCUT2D eigenvalue weighted by Crippen LogP contribution is 2.72. The van der Waals surface area contributed by atoms with Crippen molar-refractivity contribution >= 4 is 23.7 Å². The molecule has 2 saturated heterocycles. The number of Topliss-reactive ketones (excluding diaryl/α,β-unsaturated/α-hetero) is 1.